The summed E-state index contributed by atoms with van der Waals surface area (Å²) in [6.45, 7) is 2.37. The minimum atomic E-state index is -1.18. The van der Waals surface area contributed by atoms with Gasteiger partial charge in [0.05, 0.1) is 11.3 Å². The maximum absolute atomic E-state index is 13.8. The molecule has 0 aliphatic carbocycles. The van der Waals surface area contributed by atoms with Crippen molar-refractivity contribution >= 4 is 17.3 Å². The number of nitrogen functional groups attached to an aromatic ring is 1. The van der Waals surface area contributed by atoms with Crippen LogP contribution in [0.2, 0.25) is 0 Å². The fourth-order valence-electron chi connectivity index (χ4n) is 1.91. The number of nitrogens with one attached hydrogen (secondary N) is 1. The Balaban J connectivity index is 2.24. The maximum Gasteiger partial charge on any atom is 0.337 e. The smallest absolute Gasteiger partial charge is 0.337 e. The fourth-order valence-corrected chi connectivity index (χ4v) is 1.91. The minimum absolute atomic E-state index is 0.0866. The molecule has 2 rings (SSSR count). The van der Waals surface area contributed by atoms with Gasteiger partial charge in [-0.2, -0.15) is 0 Å². The van der Waals surface area contributed by atoms with Crippen molar-refractivity contribution in [3.8, 4) is 0 Å². The number of carboxylic acid groups (broad SMARTS) is 1. The molecule has 104 valence electrons. The molecule has 0 radical (unpaired) electrons. The van der Waals surface area contributed by atoms with Crippen molar-refractivity contribution in [3.63, 3.8) is 0 Å². The summed E-state index contributed by atoms with van der Waals surface area (Å²) in [5.74, 6) is -1.75. The largest absolute Gasteiger partial charge is 0.478 e. The molecule has 0 aliphatic heterocycles. The zero-order chi connectivity index (χ0) is 14.7. The van der Waals surface area contributed by atoms with Gasteiger partial charge in [0.1, 0.15) is 5.82 Å². The molecule has 0 fully saturated rings. The summed E-state index contributed by atoms with van der Waals surface area (Å²) in [7, 11) is 0. The monoisotopic (exact) mass is 274 g/mol. The number of carboxylic acids is 1. The number of carbonyl (C=O) groups is 1. The van der Waals surface area contributed by atoms with Crippen LogP contribution in [0.1, 0.15) is 21.5 Å². The number of anilines is 2. The predicted molar refractivity (Wildman–Crippen MR) is 76.3 cm³/mol. The lowest BCUT2D eigenvalue weighted by molar-refractivity contribution is 0.0698. The highest BCUT2D eigenvalue weighted by Crippen LogP contribution is 2.23. The second-order valence-electron chi connectivity index (χ2n) is 4.50. The molecule has 20 heavy (non-hydrogen) atoms. The lowest BCUT2D eigenvalue weighted by Gasteiger charge is -2.11. The van der Waals surface area contributed by atoms with Crippen molar-refractivity contribution in [3.05, 3.63) is 58.9 Å². The van der Waals surface area contributed by atoms with Gasteiger partial charge in [0.2, 0.25) is 0 Å². The fraction of sp³-hybridized carbons (Fsp3) is 0.133. The van der Waals surface area contributed by atoms with Crippen LogP contribution < -0.4 is 11.1 Å². The van der Waals surface area contributed by atoms with E-state index in [2.05, 4.69) is 5.32 Å². The molecule has 5 heteroatoms. The van der Waals surface area contributed by atoms with Gasteiger partial charge in [0.15, 0.2) is 0 Å². The molecule has 4 N–H and O–H groups in total. The van der Waals surface area contributed by atoms with Crippen LogP contribution in [0.3, 0.4) is 0 Å². The van der Waals surface area contributed by atoms with Crippen molar-refractivity contribution in [2.45, 2.75) is 13.5 Å². The first kappa shape index (κ1) is 13.9. The summed E-state index contributed by atoms with van der Waals surface area (Å²) in [4.78, 5) is 11.0. The number of aryl methyl sites for hydroxylation is 1. The van der Waals surface area contributed by atoms with Crippen molar-refractivity contribution in [1.82, 2.24) is 0 Å². The summed E-state index contributed by atoms with van der Waals surface area (Å²) in [5, 5.41) is 11.9. The Hall–Kier alpha value is -2.56. The van der Waals surface area contributed by atoms with Gasteiger partial charge in [0.25, 0.3) is 0 Å². The summed E-state index contributed by atoms with van der Waals surface area (Å²) in [6.07, 6.45) is 0. The van der Waals surface area contributed by atoms with Crippen LogP contribution in [0.5, 0.6) is 0 Å². The van der Waals surface area contributed by atoms with Crippen LogP contribution in [0.25, 0.3) is 0 Å². The summed E-state index contributed by atoms with van der Waals surface area (Å²) >= 11 is 0. The van der Waals surface area contributed by atoms with Gasteiger partial charge in [-0.3, -0.25) is 0 Å². The van der Waals surface area contributed by atoms with Gasteiger partial charge in [-0.1, -0.05) is 24.3 Å². The standard InChI is InChI=1S/C15H15FN2O2/c1-9-4-2-3-5-10(9)8-18-14-6-11(15(19)20)13(17)7-12(14)16/h2-7,18H,8,17H2,1H3,(H,19,20). The third kappa shape index (κ3) is 2.88. The third-order valence-electron chi connectivity index (χ3n) is 3.10. The zero-order valence-electron chi connectivity index (χ0n) is 11.0. The van der Waals surface area contributed by atoms with Crippen LogP contribution in [-0.2, 0) is 6.54 Å². The Morgan fingerprint density at radius 3 is 2.70 bits per heavy atom. The van der Waals surface area contributed by atoms with Gasteiger partial charge < -0.3 is 16.2 Å². The van der Waals surface area contributed by atoms with E-state index >= 15 is 0 Å². The SMILES string of the molecule is Cc1ccccc1CNc1cc(C(=O)O)c(N)cc1F. The van der Waals surface area contributed by atoms with Crippen LogP contribution >= 0.6 is 0 Å². The molecule has 0 bridgehead atoms. The van der Waals surface area contributed by atoms with E-state index in [9.17, 15) is 9.18 Å². The molecule has 0 heterocycles. The second-order valence-corrected chi connectivity index (χ2v) is 4.50. The molecule has 0 spiro atoms. The highest BCUT2D eigenvalue weighted by Gasteiger charge is 2.13. The van der Waals surface area contributed by atoms with Crippen molar-refractivity contribution in [2.75, 3.05) is 11.1 Å². The molecular weight excluding hydrogens is 259 g/mol. The molecule has 0 aromatic heterocycles. The second kappa shape index (κ2) is 5.61. The van der Waals surface area contributed by atoms with Crippen LogP contribution in [0.15, 0.2) is 36.4 Å². The molecule has 0 unspecified atom stereocenters. The predicted octanol–water partition coefficient (Wildman–Crippen LogP) is 3.03. The molecule has 0 amide bonds. The lowest BCUT2D eigenvalue weighted by Crippen LogP contribution is -2.08. The zero-order valence-corrected chi connectivity index (χ0v) is 11.0. The first-order valence-electron chi connectivity index (χ1n) is 6.09. The molecule has 0 saturated heterocycles. The Kier molecular flexibility index (Phi) is 3.89. The number of aromatic carboxylic acids is 1. The molecule has 2 aromatic rings. The average Bonchev–Trinajstić information content (AvgIpc) is 2.39. The highest BCUT2D eigenvalue weighted by atomic mass is 19.1. The highest BCUT2D eigenvalue weighted by molar-refractivity contribution is 5.94. The van der Waals surface area contributed by atoms with Crippen LogP contribution in [-0.4, -0.2) is 11.1 Å². The molecule has 0 aliphatic rings. The molecule has 0 atom stereocenters. The van der Waals surface area contributed by atoms with E-state index in [4.69, 9.17) is 10.8 Å². The molecule has 2 aromatic carbocycles. The van der Waals surface area contributed by atoms with E-state index in [0.717, 1.165) is 17.2 Å². The average molecular weight is 274 g/mol. The number of hydrogen-bond acceptors (Lipinski definition) is 3. The number of halogens is 1. The maximum atomic E-state index is 13.8. The normalized spacial score (nSPS) is 10.3. The van der Waals surface area contributed by atoms with Gasteiger partial charge in [-0.25, -0.2) is 9.18 Å². The van der Waals surface area contributed by atoms with Crippen molar-refractivity contribution < 1.29 is 14.3 Å². The van der Waals surface area contributed by atoms with E-state index in [-0.39, 0.29) is 16.9 Å². The van der Waals surface area contributed by atoms with Crippen molar-refractivity contribution in [1.29, 1.82) is 0 Å². The summed E-state index contributed by atoms with van der Waals surface area (Å²) in [6, 6.07) is 9.93. The van der Waals surface area contributed by atoms with Gasteiger partial charge in [-0.15, -0.1) is 0 Å². The van der Waals surface area contributed by atoms with Gasteiger partial charge in [-0.05, 0) is 30.2 Å². The lowest BCUT2D eigenvalue weighted by atomic mass is 10.1. The Bertz CT molecular complexity index is 656. The van der Waals surface area contributed by atoms with E-state index in [0.29, 0.717) is 6.54 Å². The molecular formula is C15H15FN2O2. The van der Waals surface area contributed by atoms with E-state index in [1.165, 1.54) is 6.07 Å². The summed E-state index contributed by atoms with van der Waals surface area (Å²) in [5.41, 5.74) is 7.49. The van der Waals surface area contributed by atoms with Gasteiger partial charge >= 0.3 is 5.97 Å². The van der Waals surface area contributed by atoms with Crippen LogP contribution in [0, 0.1) is 12.7 Å². The Morgan fingerprint density at radius 2 is 2.05 bits per heavy atom. The van der Waals surface area contributed by atoms with Crippen molar-refractivity contribution in [2.24, 2.45) is 0 Å². The number of benzene rings is 2. The molecule has 0 saturated carbocycles. The van der Waals surface area contributed by atoms with Gasteiger partial charge in [0, 0.05) is 12.2 Å². The van der Waals surface area contributed by atoms with E-state index in [1.54, 1.807) is 0 Å². The Labute approximate surface area is 116 Å². The third-order valence-corrected chi connectivity index (χ3v) is 3.10. The Morgan fingerprint density at radius 1 is 1.35 bits per heavy atom. The van der Waals surface area contributed by atoms with E-state index in [1.807, 2.05) is 31.2 Å². The quantitative estimate of drug-likeness (QED) is 0.749. The first-order chi connectivity index (χ1) is 9.49. The number of rotatable bonds is 4. The van der Waals surface area contributed by atoms with E-state index < -0.39 is 11.8 Å². The minimum Gasteiger partial charge on any atom is -0.478 e. The first-order valence-corrected chi connectivity index (χ1v) is 6.09. The topological polar surface area (TPSA) is 75.3 Å². The van der Waals surface area contributed by atoms with Crippen LogP contribution in [0.4, 0.5) is 15.8 Å². The molecule has 4 nitrogen and oxygen atoms in total. The summed E-state index contributed by atoms with van der Waals surface area (Å²) < 4.78 is 13.8. The number of hydrogen-bond donors (Lipinski definition) is 3. The number of nitrogens with two attached hydrogens (primary N) is 1.